The normalized spacial score (nSPS) is 24.1. The zero-order chi connectivity index (χ0) is 11.5. The van der Waals surface area contributed by atoms with Gasteiger partial charge in [0.1, 0.15) is 0 Å². The van der Waals surface area contributed by atoms with Crippen LogP contribution < -0.4 is 10.0 Å². The maximum absolute atomic E-state index is 11.8. The first-order valence-electron chi connectivity index (χ1n) is 5.49. The second-order valence-electron chi connectivity index (χ2n) is 5.48. The lowest BCUT2D eigenvalue weighted by Crippen LogP contribution is -2.47. The van der Waals surface area contributed by atoms with Crippen LogP contribution in [-0.4, -0.2) is 33.3 Å². The van der Waals surface area contributed by atoms with Gasteiger partial charge in [0.25, 0.3) is 0 Å². The Balaban J connectivity index is 2.48. The Morgan fingerprint density at radius 1 is 1.40 bits per heavy atom. The molecule has 0 saturated carbocycles. The van der Waals surface area contributed by atoms with Crippen LogP contribution in [0.2, 0.25) is 0 Å². The summed E-state index contributed by atoms with van der Waals surface area (Å²) in [5.74, 6) is 0.191. The van der Waals surface area contributed by atoms with E-state index in [0.717, 1.165) is 25.9 Å². The predicted molar refractivity (Wildman–Crippen MR) is 62.3 cm³/mol. The van der Waals surface area contributed by atoms with Crippen molar-refractivity contribution in [2.45, 2.75) is 39.7 Å². The average molecular weight is 234 g/mol. The Morgan fingerprint density at radius 2 is 2.07 bits per heavy atom. The largest absolute Gasteiger partial charge is 0.315 e. The molecular formula is C10H22N2O2S. The first-order chi connectivity index (χ1) is 6.79. The third kappa shape index (κ3) is 5.49. The van der Waals surface area contributed by atoms with Crippen LogP contribution in [0.3, 0.4) is 0 Å². The van der Waals surface area contributed by atoms with Gasteiger partial charge in [-0.2, -0.15) is 0 Å². The quantitative estimate of drug-likeness (QED) is 0.756. The van der Waals surface area contributed by atoms with Crippen LogP contribution in [0.25, 0.3) is 0 Å². The van der Waals surface area contributed by atoms with E-state index in [2.05, 4.69) is 10.0 Å². The molecule has 1 atom stereocenters. The molecule has 0 spiro atoms. The third-order valence-electron chi connectivity index (χ3n) is 2.27. The Morgan fingerprint density at radius 3 is 2.53 bits per heavy atom. The van der Waals surface area contributed by atoms with Crippen LogP contribution in [0.1, 0.15) is 33.6 Å². The van der Waals surface area contributed by atoms with Crippen LogP contribution >= 0.6 is 0 Å². The summed E-state index contributed by atoms with van der Waals surface area (Å²) < 4.78 is 26.3. The second-order valence-corrected chi connectivity index (χ2v) is 7.23. The minimum absolute atomic E-state index is 0.0751. The number of piperidine rings is 1. The van der Waals surface area contributed by atoms with Crippen LogP contribution in [0, 0.1) is 5.41 Å². The molecule has 0 aromatic heterocycles. The van der Waals surface area contributed by atoms with Crippen molar-refractivity contribution in [3.05, 3.63) is 0 Å². The molecule has 1 saturated heterocycles. The fraction of sp³-hybridized carbons (Fsp3) is 1.00. The molecule has 0 amide bonds. The SMILES string of the molecule is CC(C)(C)CS(=O)(=O)N[C@@H]1CCCNC1. The van der Waals surface area contributed by atoms with Gasteiger partial charge in [0.05, 0.1) is 5.75 Å². The molecule has 1 rings (SSSR count). The maximum atomic E-state index is 11.8. The summed E-state index contributed by atoms with van der Waals surface area (Å²) in [5.41, 5.74) is -0.187. The molecule has 0 bridgehead atoms. The van der Waals surface area contributed by atoms with Crippen molar-refractivity contribution >= 4 is 10.0 Å². The summed E-state index contributed by atoms with van der Waals surface area (Å²) in [6.07, 6.45) is 1.99. The van der Waals surface area contributed by atoms with Crippen molar-refractivity contribution in [2.75, 3.05) is 18.8 Å². The van der Waals surface area contributed by atoms with E-state index in [-0.39, 0.29) is 17.2 Å². The molecule has 1 heterocycles. The average Bonchev–Trinajstić information content (AvgIpc) is 1.99. The van der Waals surface area contributed by atoms with Gasteiger partial charge >= 0.3 is 0 Å². The number of hydrogen-bond donors (Lipinski definition) is 2. The van der Waals surface area contributed by atoms with E-state index >= 15 is 0 Å². The van der Waals surface area contributed by atoms with Crippen molar-refractivity contribution in [2.24, 2.45) is 5.41 Å². The fourth-order valence-corrected chi connectivity index (χ4v) is 3.75. The molecule has 4 nitrogen and oxygen atoms in total. The van der Waals surface area contributed by atoms with Crippen molar-refractivity contribution in [1.29, 1.82) is 0 Å². The molecule has 2 N–H and O–H groups in total. The highest BCUT2D eigenvalue weighted by Gasteiger charge is 2.25. The number of nitrogens with one attached hydrogen (secondary N) is 2. The lowest BCUT2D eigenvalue weighted by Gasteiger charge is -2.26. The Kier molecular flexibility index (Phi) is 4.14. The van der Waals surface area contributed by atoms with Crippen molar-refractivity contribution in [1.82, 2.24) is 10.0 Å². The molecule has 0 aliphatic carbocycles. The van der Waals surface area contributed by atoms with E-state index in [1.807, 2.05) is 20.8 Å². The topological polar surface area (TPSA) is 58.2 Å². The van der Waals surface area contributed by atoms with Crippen LogP contribution in [0.5, 0.6) is 0 Å². The Bertz CT molecular complexity index is 287. The van der Waals surface area contributed by atoms with E-state index < -0.39 is 10.0 Å². The minimum atomic E-state index is -3.13. The van der Waals surface area contributed by atoms with Gasteiger partial charge in [-0.25, -0.2) is 13.1 Å². The molecule has 15 heavy (non-hydrogen) atoms. The monoisotopic (exact) mass is 234 g/mol. The molecule has 0 radical (unpaired) electrons. The molecule has 0 aromatic carbocycles. The molecular weight excluding hydrogens is 212 g/mol. The second kappa shape index (κ2) is 4.80. The highest BCUT2D eigenvalue weighted by molar-refractivity contribution is 7.89. The summed E-state index contributed by atoms with van der Waals surface area (Å²) in [7, 11) is -3.13. The Hall–Kier alpha value is -0.130. The van der Waals surface area contributed by atoms with E-state index in [1.165, 1.54) is 0 Å². The number of rotatable bonds is 3. The Labute approximate surface area is 92.9 Å². The van der Waals surface area contributed by atoms with Gasteiger partial charge in [0, 0.05) is 12.6 Å². The van der Waals surface area contributed by atoms with Crippen LogP contribution in [0.15, 0.2) is 0 Å². The van der Waals surface area contributed by atoms with Crippen molar-refractivity contribution in [3.8, 4) is 0 Å². The van der Waals surface area contributed by atoms with Crippen molar-refractivity contribution < 1.29 is 8.42 Å². The van der Waals surface area contributed by atoms with Gasteiger partial charge in [0.15, 0.2) is 0 Å². The maximum Gasteiger partial charge on any atom is 0.212 e. The first kappa shape index (κ1) is 12.9. The van der Waals surface area contributed by atoms with Gasteiger partial charge < -0.3 is 5.32 Å². The summed E-state index contributed by atoms with van der Waals surface area (Å²) in [5, 5.41) is 3.19. The van der Waals surface area contributed by atoms with Crippen molar-refractivity contribution in [3.63, 3.8) is 0 Å². The zero-order valence-electron chi connectivity index (χ0n) is 9.84. The molecule has 0 unspecified atom stereocenters. The number of hydrogen-bond acceptors (Lipinski definition) is 3. The predicted octanol–water partition coefficient (Wildman–Crippen LogP) is 0.704. The van der Waals surface area contributed by atoms with E-state index in [4.69, 9.17) is 0 Å². The van der Waals surface area contributed by atoms with E-state index in [1.54, 1.807) is 0 Å². The van der Waals surface area contributed by atoms with Gasteiger partial charge in [-0.05, 0) is 24.8 Å². The summed E-state index contributed by atoms with van der Waals surface area (Å²) in [6, 6.07) is 0.0751. The highest BCUT2D eigenvalue weighted by atomic mass is 32.2. The lowest BCUT2D eigenvalue weighted by atomic mass is 10.0. The van der Waals surface area contributed by atoms with Gasteiger partial charge in [-0.3, -0.25) is 0 Å². The van der Waals surface area contributed by atoms with Gasteiger partial charge in [-0.1, -0.05) is 20.8 Å². The minimum Gasteiger partial charge on any atom is -0.315 e. The zero-order valence-corrected chi connectivity index (χ0v) is 10.7. The molecule has 90 valence electrons. The molecule has 5 heteroatoms. The van der Waals surface area contributed by atoms with E-state index in [0.29, 0.717) is 0 Å². The molecule has 1 aliphatic rings. The van der Waals surface area contributed by atoms with Gasteiger partial charge in [0.2, 0.25) is 10.0 Å². The van der Waals surface area contributed by atoms with Gasteiger partial charge in [-0.15, -0.1) is 0 Å². The summed E-state index contributed by atoms with van der Waals surface area (Å²) >= 11 is 0. The lowest BCUT2D eigenvalue weighted by molar-refractivity contribution is 0.417. The van der Waals surface area contributed by atoms with Crippen LogP contribution in [0.4, 0.5) is 0 Å². The van der Waals surface area contributed by atoms with E-state index in [9.17, 15) is 8.42 Å². The highest BCUT2D eigenvalue weighted by Crippen LogP contribution is 2.16. The molecule has 1 aliphatic heterocycles. The summed E-state index contributed by atoms with van der Waals surface area (Å²) in [6.45, 7) is 7.56. The number of sulfonamides is 1. The smallest absolute Gasteiger partial charge is 0.212 e. The standard InChI is InChI=1S/C10H22N2O2S/c1-10(2,3)8-15(13,14)12-9-5-4-6-11-7-9/h9,11-12H,4-8H2,1-3H3/t9-/m1/s1. The third-order valence-corrected chi connectivity index (χ3v) is 4.20. The van der Waals surface area contributed by atoms with Crippen LogP contribution in [-0.2, 0) is 10.0 Å². The first-order valence-corrected chi connectivity index (χ1v) is 7.14. The molecule has 0 aromatic rings. The summed E-state index contributed by atoms with van der Waals surface area (Å²) in [4.78, 5) is 0. The molecule has 1 fully saturated rings. The fourth-order valence-electron chi connectivity index (χ4n) is 1.82.